The quantitative estimate of drug-likeness (QED) is 0.174. The predicted octanol–water partition coefficient (Wildman–Crippen LogP) is 6.09. The lowest BCUT2D eigenvalue weighted by Gasteiger charge is -2.30. The van der Waals surface area contributed by atoms with Crippen LogP contribution in [0.25, 0.3) is 0 Å². The molecule has 0 radical (unpaired) electrons. The standard InChI is InChI=1S/C29H35FN4O4S/c1-5-37-28(36)26-16(2)27(31-17(26)3)23(35)15-39-29-33-32-25(14-38-24-9-7-6-8-22(24)30)34(29)18(4)21-13-19-10-11-20(21)12-19/h6-9,18-21,31H,5,10-15H2,1-4H3/t18-,19+,20+,21-/m0/s1. The molecule has 2 fully saturated rings. The summed E-state index contributed by atoms with van der Waals surface area (Å²) in [6.07, 6.45) is 5.00. The monoisotopic (exact) mass is 554 g/mol. The maximum Gasteiger partial charge on any atom is 0.340 e. The topological polar surface area (TPSA) is 99.1 Å². The molecule has 2 aliphatic carbocycles. The number of carbonyl (C=O) groups is 2. The highest BCUT2D eigenvalue weighted by Gasteiger charge is 2.43. The molecule has 2 aliphatic rings. The lowest BCUT2D eigenvalue weighted by molar-refractivity contribution is 0.0525. The molecule has 2 saturated carbocycles. The molecule has 0 saturated heterocycles. The lowest BCUT2D eigenvalue weighted by Crippen LogP contribution is -2.24. The van der Waals surface area contributed by atoms with Crippen molar-refractivity contribution in [2.75, 3.05) is 12.4 Å². The van der Waals surface area contributed by atoms with Gasteiger partial charge in [0.05, 0.1) is 23.6 Å². The van der Waals surface area contributed by atoms with Gasteiger partial charge in [-0.25, -0.2) is 9.18 Å². The van der Waals surface area contributed by atoms with Crippen molar-refractivity contribution in [3.63, 3.8) is 0 Å². The van der Waals surface area contributed by atoms with E-state index in [1.165, 1.54) is 43.5 Å². The first-order chi connectivity index (χ1) is 18.8. The number of hydrogen-bond donors (Lipinski definition) is 1. The Labute approximate surface area is 232 Å². The molecule has 0 unspecified atom stereocenters. The maximum atomic E-state index is 14.2. The van der Waals surface area contributed by atoms with Crippen LogP contribution in [0.15, 0.2) is 29.4 Å². The third-order valence-corrected chi connectivity index (χ3v) is 9.22. The summed E-state index contributed by atoms with van der Waals surface area (Å²) in [5, 5.41) is 9.48. The number of aromatic nitrogens is 4. The largest absolute Gasteiger partial charge is 0.483 e. The molecule has 5 rings (SSSR count). The molecule has 4 atom stereocenters. The Morgan fingerprint density at radius 1 is 1.21 bits per heavy atom. The SMILES string of the molecule is CCOC(=O)c1c(C)[nH]c(C(=O)CSc2nnc(COc3ccccc3F)n2[C@@H](C)[C@@H]2C[C@@H]3CC[C@@H]2C3)c1C. The minimum atomic E-state index is -0.436. The van der Waals surface area contributed by atoms with Crippen LogP contribution in [-0.2, 0) is 11.3 Å². The van der Waals surface area contributed by atoms with Crippen LogP contribution in [0.3, 0.4) is 0 Å². The number of thioether (sulfide) groups is 1. The first kappa shape index (κ1) is 27.4. The summed E-state index contributed by atoms with van der Waals surface area (Å²) in [4.78, 5) is 28.7. The number of fused-ring (bicyclic) bond motifs is 2. The Balaban J connectivity index is 1.36. The number of nitrogens with zero attached hydrogens (tertiary/aromatic N) is 3. The molecule has 208 valence electrons. The summed E-state index contributed by atoms with van der Waals surface area (Å²) < 4.78 is 27.2. The number of para-hydroxylation sites is 1. The van der Waals surface area contributed by atoms with E-state index in [1.807, 2.05) is 0 Å². The Hall–Kier alpha value is -3.14. The average molecular weight is 555 g/mol. The summed E-state index contributed by atoms with van der Waals surface area (Å²) in [7, 11) is 0. The summed E-state index contributed by atoms with van der Waals surface area (Å²) >= 11 is 1.32. The van der Waals surface area contributed by atoms with Crippen LogP contribution in [-0.4, -0.2) is 43.9 Å². The van der Waals surface area contributed by atoms with Crippen molar-refractivity contribution >= 4 is 23.5 Å². The third kappa shape index (κ3) is 5.48. The van der Waals surface area contributed by atoms with Gasteiger partial charge in [-0.15, -0.1) is 10.2 Å². The fourth-order valence-electron chi connectivity index (χ4n) is 6.43. The van der Waals surface area contributed by atoms with Gasteiger partial charge < -0.3 is 14.5 Å². The summed E-state index contributed by atoms with van der Waals surface area (Å²) in [5.74, 6) is 1.86. The zero-order chi connectivity index (χ0) is 27.7. The number of H-pyrrole nitrogens is 1. The van der Waals surface area contributed by atoms with E-state index in [0.717, 1.165) is 5.92 Å². The molecule has 8 nitrogen and oxygen atoms in total. The van der Waals surface area contributed by atoms with Gasteiger partial charge in [0.2, 0.25) is 0 Å². The molecule has 0 aliphatic heterocycles. The molecular formula is C29H35FN4O4S. The van der Waals surface area contributed by atoms with E-state index < -0.39 is 11.8 Å². The molecule has 2 aromatic heterocycles. The fourth-order valence-corrected chi connectivity index (χ4v) is 7.35. The number of hydrogen-bond acceptors (Lipinski definition) is 7. The Kier molecular flexibility index (Phi) is 8.11. The molecular weight excluding hydrogens is 519 g/mol. The van der Waals surface area contributed by atoms with Crippen LogP contribution >= 0.6 is 11.8 Å². The third-order valence-electron chi connectivity index (χ3n) is 8.28. The number of nitrogens with one attached hydrogen (secondary N) is 1. The van der Waals surface area contributed by atoms with Gasteiger partial charge in [0.1, 0.15) is 6.61 Å². The van der Waals surface area contributed by atoms with E-state index >= 15 is 0 Å². The number of esters is 1. The van der Waals surface area contributed by atoms with E-state index in [-0.39, 0.29) is 36.5 Å². The molecule has 3 aromatic rings. The van der Waals surface area contributed by atoms with Gasteiger partial charge in [-0.3, -0.25) is 9.36 Å². The Bertz CT molecular complexity index is 1370. The number of benzene rings is 1. The number of ether oxygens (including phenoxy) is 2. The highest BCUT2D eigenvalue weighted by atomic mass is 32.2. The zero-order valence-electron chi connectivity index (χ0n) is 22.8. The van der Waals surface area contributed by atoms with Crippen LogP contribution in [0.5, 0.6) is 5.75 Å². The zero-order valence-corrected chi connectivity index (χ0v) is 23.6. The van der Waals surface area contributed by atoms with E-state index in [2.05, 4.69) is 26.7 Å². The van der Waals surface area contributed by atoms with E-state index in [1.54, 1.807) is 39.0 Å². The molecule has 39 heavy (non-hydrogen) atoms. The number of halogens is 1. The van der Waals surface area contributed by atoms with Gasteiger partial charge in [-0.1, -0.05) is 30.3 Å². The molecule has 0 spiro atoms. The van der Waals surface area contributed by atoms with Gasteiger partial charge in [0, 0.05) is 11.7 Å². The van der Waals surface area contributed by atoms with Gasteiger partial charge in [-0.05, 0) is 82.4 Å². The number of Topliss-reactive ketones (excluding diaryl/α,β-unsaturated/α-hetero) is 1. The van der Waals surface area contributed by atoms with Crippen molar-refractivity contribution in [1.82, 2.24) is 19.7 Å². The number of aryl methyl sites for hydroxylation is 1. The van der Waals surface area contributed by atoms with Crippen LogP contribution in [0.2, 0.25) is 0 Å². The first-order valence-electron chi connectivity index (χ1n) is 13.6. The summed E-state index contributed by atoms with van der Waals surface area (Å²) in [5.41, 5.74) is 2.01. The minimum Gasteiger partial charge on any atom is -0.483 e. The second-order valence-electron chi connectivity index (χ2n) is 10.6. The molecule has 2 bridgehead atoms. The van der Waals surface area contributed by atoms with Crippen LogP contribution in [0.4, 0.5) is 4.39 Å². The van der Waals surface area contributed by atoms with Crippen LogP contribution in [0.1, 0.15) is 83.5 Å². The molecule has 0 amide bonds. The predicted molar refractivity (Wildman–Crippen MR) is 146 cm³/mol. The highest BCUT2D eigenvalue weighted by molar-refractivity contribution is 7.99. The van der Waals surface area contributed by atoms with Crippen molar-refractivity contribution in [3.05, 3.63) is 58.4 Å². The molecule has 1 N–H and O–H groups in total. The van der Waals surface area contributed by atoms with Crippen molar-refractivity contribution in [3.8, 4) is 5.75 Å². The summed E-state index contributed by atoms with van der Waals surface area (Å²) in [6, 6.07) is 6.43. The van der Waals surface area contributed by atoms with Crippen molar-refractivity contribution in [2.45, 2.75) is 71.2 Å². The number of rotatable bonds is 11. The van der Waals surface area contributed by atoms with Crippen LogP contribution in [0, 0.1) is 37.4 Å². The first-order valence-corrected chi connectivity index (χ1v) is 14.6. The lowest BCUT2D eigenvalue weighted by atomic mass is 9.84. The van der Waals surface area contributed by atoms with E-state index in [4.69, 9.17) is 9.47 Å². The van der Waals surface area contributed by atoms with Crippen LogP contribution < -0.4 is 4.74 Å². The molecule has 1 aromatic carbocycles. The molecule has 10 heteroatoms. The maximum absolute atomic E-state index is 14.2. The normalized spacial score (nSPS) is 20.8. The van der Waals surface area contributed by atoms with E-state index in [9.17, 15) is 14.0 Å². The van der Waals surface area contributed by atoms with Gasteiger partial charge in [-0.2, -0.15) is 0 Å². The summed E-state index contributed by atoms with van der Waals surface area (Å²) in [6.45, 7) is 7.80. The number of aromatic amines is 1. The smallest absolute Gasteiger partial charge is 0.340 e. The Morgan fingerprint density at radius 2 is 2.00 bits per heavy atom. The fraction of sp³-hybridized carbons (Fsp3) is 0.517. The Morgan fingerprint density at radius 3 is 2.69 bits per heavy atom. The molecule has 2 heterocycles. The minimum absolute atomic E-state index is 0.0748. The van der Waals surface area contributed by atoms with Gasteiger partial charge in [0.15, 0.2) is 28.3 Å². The second kappa shape index (κ2) is 11.5. The van der Waals surface area contributed by atoms with Crippen molar-refractivity contribution in [2.24, 2.45) is 17.8 Å². The van der Waals surface area contributed by atoms with E-state index in [0.29, 0.717) is 45.3 Å². The van der Waals surface area contributed by atoms with Gasteiger partial charge >= 0.3 is 5.97 Å². The van der Waals surface area contributed by atoms with Crippen molar-refractivity contribution < 1.29 is 23.5 Å². The van der Waals surface area contributed by atoms with Crippen molar-refractivity contribution in [1.29, 1.82) is 0 Å². The highest BCUT2D eigenvalue weighted by Crippen LogP contribution is 2.52. The van der Waals surface area contributed by atoms with Gasteiger partial charge in [0.25, 0.3) is 0 Å². The number of carbonyl (C=O) groups excluding carboxylic acids is 2. The second-order valence-corrected chi connectivity index (χ2v) is 11.6. The average Bonchev–Trinajstić information content (AvgIpc) is 3.70. The number of ketones is 1.